The number of imidazole rings is 1. The lowest BCUT2D eigenvalue weighted by atomic mass is 9.93. The zero-order chi connectivity index (χ0) is 21.4. The largest absolute Gasteiger partial charge is 0.478 e. The van der Waals surface area contributed by atoms with Gasteiger partial charge < -0.3 is 14.4 Å². The van der Waals surface area contributed by atoms with Gasteiger partial charge in [-0.25, -0.2) is 14.8 Å². The number of carbonyl (C=O) groups is 1. The molecule has 2 fully saturated rings. The van der Waals surface area contributed by atoms with Gasteiger partial charge in [-0.2, -0.15) is 0 Å². The molecule has 7 nitrogen and oxygen atoms in total. The number of hydrogen-bond donors (Lipinski definition) is 1. The van der Waals surface area contributed by atoms with E-state index in [0.29, 0.717) is 17.6 Å². The number of benzene rings is 1. The van der Waals surface area contributed by atoms with Crippen molar-refractivity contribution in [2.24, 2.45) is 0 Å². The standard InChI is InChI=1S/C23H25ClN4O3/c24-21-3-1-2-18(25-21)15-6-9-27(10-7-15)14-22-26-19-5-4-16(23(29)30)12-20(19)28(22)13-17-8-11-31-17/h1-5,12,15,17H,6-11,13-14H2,(H,29,30). The molecular formula is C23H25ClN4O3. The van der Waals surface area contributed by atoms with E-state index in [1.807, 2.05) is 12.1 Å². The van der Waals surface area contributed by atoms with E-state index in [0.717, 1.165) is 68.1 Å². The number of hydrogen-bond acceptors (Lipinski definition) is 5. The molecule has 5 rings (SSSR count). The Bertz CT molecular complexity index is 1100. The molecule has 0 bridgehead atoms. The number of aromatic nitrogens is 3. The fourth-order valence-corrected chi connectivity index (χ4v) is 4.67. The lowest BCUT2D eigenvalue weighted by molar-refractivity contribution is -0.0592. The predicted octanol–water partition coefficient (Wildman–Crippen LogP) is 3.95. The lowest BCUT2D eigenvalue weighted by Crippen LogP contribution is -2.35. The summed E-state index contributed by atoms with van der Waals surface area (Å²) >= 11 is 6.07. The summed E-state index contributed by atoms with van der Waals surface area (Å²) in [5, 5.41) is 9.95. The third-order valence-corrected chi connectivity index (χ3v) is 6.57. The van der Waals surface area contributed by atoms with Crippen LogP contribution in [0.5, 0.6) is 0 Å². The van der Waals surface area contributed by atoms with Crippen molar-refractivity contribution in [2.45, 2.75) is 44.4 Å². The Balaban J connectivity index is 1.35. The number of rotatable bonds is 6. The van der Waals surface area contributed by atoms with E-state index in [-0.39, 0.29) is 11.7 Å². The first-order chi connectivity index (χ1) is 15.1. The Labute approximate surface area is 185 Å². The molecule has 1 atom stereocenters. The normalized spacial score (nSPS) is 20.1. The second-order valence-corrected chi connectivity index (χ2v) is 8.75. The highest BCUT2D eigenvalue weighted by Gasteiger charge is 2.26. The predicted molar refractivity (Wildman–Crippen MR) is 118 cm³/mol. The second kappa shape index (κ2) is 8.57. The molecule has 2 aromatic heterocycles. The molecule has 3 aromatic rings. The van der Waals surface area contributed by atoms with Crippen LogP contribution in [0.15, 0.2) is 36.4 Å². The Morgan fingerprint density at radius 3 is 2.65 bits per heavy atom. The molecule has 0 aliphatic carbocycles. The van der Waals surface area contributed by atoms with Crippen molar-refractivity contribution in [1.82, 2.24) is 19.4 Å². The van der Waals surface area contributed by atoms with Crippen LogP contribution >= 0.6 is 11.6 Å². The van der Waals surface area contributed by atoms with E-state index in [2.05, 4.69) is 20.5 Å². The van der Waals surface area contributed by atoms with Gasteiger partial charge in [0.25, 0.3) is 0 Å². The van der Waals surface area contributed by atoms with Gasteiger partial charge in [-0.1, -0.05) is 17.7 Å². The van der Waals surface area contributed by atoms with Crippen molar-refractivity contribution in [3.63, 3.8) is 0 Å². The van der Waals surface area contributed by atoms with Gasteiger partial charge in [0.15, 0.2) is 0 Å². The van der Waals surface area contributed by atoms with E-state index in [1.165, 1.54) is 0 Å². The van der Waals surface area contributed by atoms with Gasteiger partial charge in [0.05, 0.1) is 35.8 Å². The average Bonchev–Trinajstić information content (AvgIpc) is 3.07. The minimum absolute atomic E-state index is 0.171. The first kappa shape index (κ1) is 20.4. The first-order valence-corrected chi connectivity index (χ1v) is 11.1. The van der Waals surface area contributed by atoms with Crippen molar-refractivity contribution in [3.05, 3.63) is 58.6 Å². The molecule has 2 aliphatic rings. The second-order valence-electron chi connectivity index (χ2n) is 8.36. The summed E-state index contributed by atoms with van der Waals surface area (Å²) in [4.78, 5) is 23.2. The topological polar surface area (TPSA) is 80.5 Å². The van der Waals surface area contributed by atoms with E-state index < -0.39 is 5.97 Å². The fourth-order valence-electron chi connectivity index (χ4n) is 4.50. The zero-order valence-corrected chi connectivity index (χ0v) is 18.0. The third kappa shape index (κ3) is 4.31. The van der Waals surface area contributed by atoms with Crippen LogP contribution in [0.25, 0.3) is 11.0 Å². The molecule has 31 heavy (non-hydrogen) atoms. The molecule has 8 heteroatoms. The summed E-state index contributed by atoms with van der Waals surface area (Å²) in [5.41, 5.74) is 3.05. The molecule has 0 saturated carbocycles. The van der Waals surface area contributed by atoms with Crippen LogP contribution in [0.4, 0.5) is 0 Å². The fraction of sp³-hybridized carbons (Fsp3) is 0.435. The quantitative estimate of drug-likeness (QED) is 0.584. The molecule has 1 unspecified atom stereocenters. The third-order valence-electron chi connectivity index (χ3n) is 6.36. The minimum Gasteiger partial charge on any atom is -0.478 e. The van der Waals surface area contributed by atoms with Crippen LogP contribution in [0.2, 0.25) is 5.15 Å². The zero-order valence-electron chi connectivity index (χ0n) is 17.2. The highest BCUT2D eigenvalue weighted by atomic mass is 35.5. The molecule has 162 valence electrons. The van der Waals surface area contributed by atoms with Crippen molar-refractivity contribution in [3.8, 4) is 0 Å². The maximum absolute atomic E-state index is 11.5. The number of ether oxygens (including phenoxy) is 1. The van der Waals surface area contributed by atoms with Gasteiger partial charge in [0.2, 0.25) is 0 Å². The molecule has 1 aromatic carbocycles. The summed E-state index contributed by atoms with van der Waals surface area (Å²) in [7, 11) is 0. The molecule has 2 aliphatic heterocycles. The van der Waals surface area contributed by atoms with Crippen molar-refractivity contribution < 1.29 is 14.6 Å². The van der Waals surface area contributed by atoms with E-state index in [1.54, 1.807) is 18.2 Å². The van der Waals surface area contributed by atoms with Crippen LogP contribution in [0.3, 0.4) is 0 Å². The highest BCUT2D eigenvalue weighted by molar-refractivity contribution is 6.29. The Morgan fingerprint density at radius 2 is 1.97 bits per heavy atom. The van der Waals surface area contributed by atoms with E-state index >= 15 is 0 Å². The molecule has 1 N–H and O–H groups in total. The van der Waals surface area contributed by atoms with E-state index in [4.69, 9.17) is 21.3 Å². The van der Waals surface area contributed by atoms with Crippen molar-refractivity contribution in [2.75, 3.05) is 19.7 Å². The van der Waals surface area contributed by atoms with Crippen LogP contribution in [0.1, 0.15) is 47.1 Å². The Hall–Kier alpha value is -2.48. The average molecular weight is 441 g/mol. The number of halogens is 1. The summed E-state index contributed by atoms with van der Waals surface area (Å²) < 4.78 is 7.80. The number of likely N-dealkylation sites (tertiary alicyclic amines) is 1. The molecular weight excluding hydrogens is 416 g/mol. The van der Waals surface area contributed by atoms with E-state index in [9.17, 15) is 9.90 Å². The number of piperidine rings is 1. The number of fused-ring (bicyclic) bond motifs is 1. The number of carboxylic acids is 1. The SMILES string of the molecule is O=C(O)c1ccc2nc(CN3CCC(c4cccc(Cl)n4)CC3)n(CC3CCO3)c2c1. The first-order valence-electron chi connectivity index (χ1n) is 10.8. The summed E-state index contributed by atoms with van der Waals surface area (Å²) in [6, 6.07) is 11.0. The van der Waals surface area contributed by atoms with Crippen LogP contribution in [0, 0.1) is 0 Å². The van der Waals surface area contributed by atoms with Crippen LogP contribution in [-0.4, -0.2) is 56.3 Å². The number of carboxylic acid groups (broad SMARTS) is 1. The maximum atomic E-state index is 11.5. The van der Waals surface area contributed by atoms with Gasteiger partial charge >= 0.3 is 5.97 Å². The van der Waals surface area contributed by atoms with Gasteiger partial charge in [0, 0.05) is 18.2 Å². The smallest absolute Gasteiger partial charge is 0.335 e. The van der Waals surface area contributed by atoms with Gasteiger partial charge in [-0.3, -0.25) is 4.90 Å². The highest BCUT2D eigenvalue weighted by Crippen LogP contribution is 2.29. The van der Waals surface area contributed by atoms with Gasteiger partial charge in [-0.05, 0) is 62.7 Å². The summed E-state index contributed by atoms with van der Waals surface area (Å²) in [6.07, 6.45) is 3.25. The number of nitrogens with zero attached hydrogens (tertiary/aromatic N) is 4. The minimum atomic E-state index is -0.923. The number of pyridine rings is 1. The molecule has 4 heterocycles. The van der Waals surface area contributed by atoms with Crippen molar-refractivity contribution in [1.29, 1.82) is 0 Å². The molecule has 2 saturated heterocycles. The molecule has 0 amide bonds. The van der Waals surface area contributed by atoms with Gasteiger partial charge in [-0.15, -0.1) is 0 Å². The Kier molecular flexibility index (Phi) is 5.65. The Morgan fingerprint density at radius 1 is 1.16 bits per heavy atom. The molecule has 0 spiro atoms. The summed E-state index contributed by atoms with van der Waals surface area (Å²) in [6.45, 7) is 4.15. The van der Waals surface area contributed by atoms with Gasteiger partial charge in [0.1, 0.15) is 11.0 Å². The number of aromatic carboxylic acids is 1. The summed E-state index contributed by atoms with van der Waals surface area (Å²) in [5.74, 6) is 0.468. The maximum Gasteiger partial charge on any atom is 0.335 e. The van der Waals surface area contributed by atoms with Crippen LogP contribution in [-0.2, 0) is 17.8 Å². The molecule has 0 radical (unpaired) electrons. The van der Waals surface area contributed by atoms with Crippen LogP contribution < -0.4 is 0 Å². The lowest BCUT2D eigenvalue weighted by Gasteiger charge is -2.32. The monoisotopic (exact) mass is 440 g/mol. The van der Waals surface area contributed by atoms with Crippen molar-refractivity contribution >= 4 is 28.6 Å².